The van der Waals surface area contributed by atoms with Crippen molar-refractivity contribution in [2.75, 3.05) is 10.7 Å². The van der Waals surface area contributed by atoms with Gasteiger partial charge >= 0.3 is 0 Å². The van der Waals surface area contributed by atoms with E-state index in [0.29, 0.717) is 0 Å². The zero-order chi connectivity index (χ0) is 9.61. The summed E-state index contributed by atoms with van der Waals surface area (Å²) in [6, 6.07) is 0. The molecule has 0 heterocycles. The molecule has 0 aromatic heterocycles. The molecular weight excluding hydrogens is 280 g/mol. The number of alkyl halides is 2. The summed E-state index contributed by atoms with van der Waals surface area (Å²) in [5.74, 6) is 0. The molecule has 0 rings (SSSR count). The third-order valence-electron chi connectivity index (χ3n) is 1.55. The summed E-state index contributed by atoms with van der Waals surface area (Å²) in [5.41, 5.74) is 1.62. The fourth-order valence-corrected chi connectivity index (χ4v) is 1.41. The number of hydrogen-bond acceptors (Lipinski definition) is 0. The van der Waals surface area contributed by atoms with Gasteiger partial charge in [-0.3, -0.25) is 0 Å². The Balaban J connectivity index is 4.46. The third-order valence-corrected chi connectivity index (χ3v) is 2.25. The number of rotatable bonds is 3. The van der Waals surface area contributed by atoms with E-state index in [0.717, 1.165) is 10.7 Å². The minimum absolute atomic E-state index is 0.242. The molecule has 70 valence electrons. The molecule has 0 aliphatic rings. The average Bonchev–Trinajstić information content (AvgIpc) is 1.95. The molecule has 0 saturated heterocycles. The molecule has 0 radical (unpaired) electrons. The van der Waals surface area contributed by atoms with Gasteiger partial charge in [0.1, 0.15) is 0 Å². The molecule has 0 aromatic rings. The van der Waals surface area contributed by atoms with E-state index in [1.165, 1.54) is 5.57 Å². The van der Waals surface area contributed by atoms with Crippen LogP contribution >= 0.6 is 31.9 Å². The number of hydrogen-bond donors (Lipinski definition) is 0. The fourth-order valence-electron chi connectivity index (χ4n) is 0.879. The second-order valence-corrected chi connectivity index (χ2v) is 4.92. The zero-order valence-corrected chi connectivity index (χ0v) is 11.1. The molecule has 0 aliphatic carbocycles. The van der Waals surface area contributed by atoms with Crippen molar-refractivity contribution in [3.63, 3.8) is 0 Å². The lowest BCUT2D eigenvalue weighted by Crippen LogP contribution is -2.07. The Bertz CT molecular complexity index is 173. The normalized spacial score (nSPS) is 14.2. The summed E-state index contributed by atoms with van der Waals surface area (Å²) in [7, 11) is 0. The summed E-state index contributed by atoms with van der Waals surface area (Å²) in [5, 5.41) is 1.84. The van der Waals surface area contributed by atoms with Crippen LogP contribution in [0.5, 0.6) is 0 Å². The summed E-state index contributed by atoms with van der Waals surface area (Å²) in [6.45, 7) is 6.67. The van der Waals surface area contributed by atoms with E-state index < -0.39 is 0 Å². The van der Waals surface area contributed by atoms with Crippen molar-refractivity contribution in [3.8, 4) is 0 Å². The summed E-state index contributed by atoms with van der Waals surface area (Å²) in [4.78, 5) is 0. The largest absolute Gasteiger partial charge is 0.0883 e. The Morgan fingerprint density at radius 1 is 1.17 bits per heavy atom. The molecule has 0 amide bonds. The van der Waals surface area contributed by atoms with Crippen molar-refractivity contribution < 1.29 is 0 Å². The Labute approximate surface area is 92.4 Å². The van der Waals surface area contributed by atoms with Crippen molar-refractivity contribution in [2.45, 2.75) is 20.8 Å². The first-order chi connectivity index (χ1) is 5.52. The van der Waals surface area contributed by atoms with Gasteiger partial charge in [-0.25, -0.2) is 0 Å². The highest BCUT2D eigenvalue weighted by atomic mass is 79.9. The smallest absolute Gasteiger partial charge is 0.0217 e. The molecule has 0 fully saturated rings. The minimum Gasteiger partial charge on any atom is -0.0883 e. The Hall–Kier alpha value is 0.440. The quantitative estimate of drug-likeness (QED) is 0.538. The van der Waals surface area contributed by atoms with Crippen LogP contribution < -0.4 is 0 Å². The highest BCUT2D eigenvalue weighted by molar-refractivity contribution is 9.09. The van der Waals surface area contributed by atoms with Crippen LogP contribution in [-0.2, 0) is 0 Å². The second kappa shape index (κ2) is 5.98. The van der Waals surface area contributed by atoms with Gasteiger partial charge in [0, 0.05) is 10.7 Å². The van der Waals surface area contributed by atoms with E-state index in [2.05, 4.69) is 70.9 Å². The SMILES string of the molecule is CC(C)(C)C(=C\CBr)/C=C/CBr. The fraction of sp³-hybridized carbons (Fsp3) is 0.600. The zero-order valence-electron chi connectivity index (χ0n) is 7.90. The van der Waals surface area contributed by atoms with Crippen molar-refractivity contribution >= 4 is 31.9 Å². The van der Waals surface area contributed by atoms with Gasteiger partial charge in [-0.05, 0) is 11.0 Å². The summed E-state index contributed by atoms with van der Waals surface area (Å²) >= 11 is 6.78. The topological polar surface area (TPSA) is 0 Å². The van der Waals surface area contributed by atoms with Gasteiger partial charge < -0.3 is 0 Å². The van der Waals surface area contributed by atoms with Gasteiger partial charge in [0.25, 0.3) is 0 Å². The molecule has 12 heavy (non-hydrogen) atoms. The maximum Gasteiger partial charge on any atom is 0.0217 e. The Morgan fingerprint density at radius 2 is 1.75 bits per heavy atom. The van der Waals surface area contributed by atoms with Crippen LogP contribution in [0.2, 0.25) is 0 Å². The average molecular weight is 296 g/mol. The Morgan fingerprint density at radius 3 is 2.08 bits per heavy atom. The molecule has 0 saturated carbocycles. The van der Waals surface area contributed by atoms with Crippen molar-refractivity contribution in [1.82, 2.24) is 0 Å². The molecule has 0 bridgehead atoms. The van der Waals surface area contributed by atoms with Crippen LogP contribution in [0.3, 0.4) is 0 Å². The van der Waals surface area contributed by atoms with E-state index in [1.54, 1.807) is 0 Å². The molecule has 0 spiro atoms. The van der Waals surface area contributed by atoms with Gasteiger partial charge in [-0.1, -0.05) is 70.9 Å². The predicted molar refractivity (Wildman–Crippen MR) is 64.3 cm³/mol. The standard InChI is InChI=1S/C10H16Br2/c1-10(2,3)9(6-8-12)5-4-7-11/h4-6H,7-8H2,1-3H3/b5-4+,9-6-. The maximum atomic E-state index is 3.41. The first-order valence-electron chi connectivity index (χ1n) is 4.01. The molecular formula is C10H16Br2. The minimum atomic E-state index is 0.242. The van der Waals surface area contributed by atoms with Crippen LogP contribution in [0.25, 0.3) is 0 Å². The molecule has 0 N–H and O–H groups in total. The highest BCUT2D eigenvalue weighted by Crippen LogP contribution is 2.26. The summed E-state index contributed by atoms with van der Waals surface area (Å²) in [6.07, 6.45) is 6.51. The van der Waals surface area contributed by atoms with Crippen molar-refractivity contribution in [1.29, 1.82) is 0 Å². The summed E-state index contributed by atoms with van der Waals surface area (Å²) < 4.78 is 0. The highest BCUT2D eigenvalue weighted by Gasteiger charge is 2.13. The lowest BCUT2D eigenvalue weighted by atomic mass is 9.86. The third kappa shape index (κ3) is 5.15. The first kappa shape index (κ1) is 12.4. The number of halogens is 2. The lowest BCUT2D eigenvalue weighted by Gasteiger charge is -2.20. The molecule has 0 aromatic carbocycles. The lowest BCUT2D eigenvalue weighted by molar-refractivity contribution is 0.516. The van der Waals surface area contributed by atoms with E-state index in [1.807, 2.05) is 0 Å². The van der Waals surface area contributed by atoms with E-state index in [4.69, 9.17) is 0 Å². The first-order valence-corrected chi connectivity index (χ1v) is 6.25. The molecule has 2 heteroatoms. The van der Waals surface area contributed by atoms with Crippen LogP contribution in [0.1, 0.15) is 20.8 Å². The van der Waals surface area contributed by atoms with Crippen LogP contribution in [0.4, 0.5) is 0 Å². The maximum absolute atomic E-state index is 3.41. The van der Waals surface area contributed by atoms with Crippen molar-refractivity contribution in [2.24, 2.45) is 5.41 Å². The van der Waals surface area contributed by atoms with E-state index in [-0.39, 0.29) is 5.41 Å². The number of allylic oxidation sites excluding steroid dienone is 4. The van der Waals surface area contributed by atoms with Gasteiger partial charge in [0.2, 0.25) is 0 Å². The Kier molecular flexibility index (Phi) is 6.20. The van der Waals surface area contributed by atoms with E-state index >= 15 is 0 Å². The van der Waals surface area contributed by atoms with Gasteiger partial charge in [0.05, 0.1) is 0 Å². The monoisotopic (exact) mass is 294 g/mol. The second-order valence-electron chi connectivity index (χ2n) is 3.62. The van der Waals surface area contributed by atoms with Gasteiger partial charge in [-0.15, -0.1) is 0 Å². The molecule has 0 aliphatic heterocycles. The van der Waals surface area contributed by atoms with Gasteiger partial charge in [0.15, 0.2) is 0 Å². The molecule has 0 unspecified atom stereocenters. The molecule has 0 atom stereocenters. The van der Waals surface area contributed by atoms with Gasteiger partial charge in [-0.2, -0.15) is 0 Å². The molecule has 0 nitrogen and oxygen atoms in total. The van der Waals surface area contributed by atoms with E-state index in [9.17, 15) is 0 Å². The predicted octanol–water partition coefficient (Wildman–Crippen LogP) is 4.30. The van der Waals surface area contributed by atoms with Crippen molar-refractivity contribution in [3.05, 3.63) is 23.8 Å². The van der Waals surface area contributed by atoms with Crippen LogP contribution in [0, 0.1) is 5.41 Å². The van der Waals surface area contributed by atoms with Crippen LogP contribution in [-0.4, -0.2) is 10.7 Å². The van der Waals surface area contributed by atoms with Crippen LogP contribution in [0.15, 0.2) is 23.8 Å².